The number of rotatable bonds is 7. The third kappa shape index (κ3) is 6.79. The van der Waals surface area contributed by atoms with Crippen molar-refractivity contribution in [3.63, 3.8) is 0 Å². The van der Waals surface area contributed by atoms with Crippen LogP contribution in [0.25, 0.3) is 0 Å². The summed E-state index contributed by atoms with van der Waals surface area (Å²) in [5, 5.41) is 20.6. The van der Waals surface area contributed by atoms with E-state index >= 15 is 0 Å². The van der Waals surface area contributed by atoms with Gasteiger partial charge in [0, 0.05) is 18.8 Å². The lowest BCUT2D eigenvalue weighted by Crippen LogP contribution is -2.59. The molecule has 1 unspecified atom stereocenters. The average molecular weight is 482 g/mol. The standard InChI is InChI=1S/C20H31N7O5S/c21-20(22)27-12-6-10-15(19(27)30)23-17(28)13-26-11-5-4-9-16(18(26)29)25-33(31,32)24-14-7-2-1-3-8-14/h1-3,7-8,15-16,19,24-25,30H,4-6,9-13H2,(H3,21,22)(H,23,28)/t15-,16-,19?/m0/s1. The highest BCUT2D eigenvalue weighted by atomic mass is 32.2. The molecule has 2 aliphatic heterocycles. The molecule has 1 aromatic rings. The first kappa shape index (κ1) is 24.7. The van der Waals surface area contributed by atoms with Crippen molar-refractivity contribution in [3.8, 4) is 0 Å². The summed E-state index contributed by atoms with van der Waals surface area (Å²) in [5.41, 5.74) is 5.84. The first-order valence-corrected chi connectivity index (χ1v) is 12.4. The largest absolute Gasteiger partial charge is 0.371 e. The van der Waals surface area contributed by atoms with Gasteiger partial charge in [0.2, 0.25) is 11.8 Å². The topological polar surface area (TPSA) is 181 Å². The van der Waals surface area contributed by atoms with E-state index in [1.165, 1.54) is 9.80 Å². The minimum absolute atomic E-state index is 0.257. The van der Waals surface area contributed by atoms with Gasteiger partial charge in [-0.3, -0.25) is 19.7 Å². The number of piperidine rings is 1. The van der Waals surface area contributed by atoms with Gasteiger partial charge in [-0.25, -0.2) is 0 Å². The maximum Gasteiger partial charge on any atom is 0.299 e. The SMILES string of the molecule is N=C(N)N1CCC[C@H](NC(=O)CN2CCCC[C@H](NS(=O)(=O)Nc3ccccc3)C2=O)C1O. The van der Waals surface area contributed by atoms with Gasteiger partial charge in [-0.1, -0.05) is 18.2 Å². The molecule has 0 radical (unpaired) electrons. The number of anilines is 1. The number of para-hydroxylation sites is 1. The highest BCUT2D eigenvalue weighted by Crippen LogP contribution is 2.17. The summed E-state index contributed by atoms with van der Waals surface area (Å²) in [6, 6.07) is 6.71. The molecule has 2 fully saturated rings. The van der Waals surface area contributed by atoms with Crippen LogP contribution in [0.2, 0.25) is 0 Å². The highest BCUT2D eigenvalue weighted by Gasteiger charge is 2.34. The molecule has 2 heterocycles. The summed E-state index contributed by atoms with van der Waals surface area (Å²) in [6.07, 6.45) is 1.61. The van der Waals surface area contributed by atoms with Crippen molar-refractivity contribution >= 4 is 33.7 Å². The number of nitrogens with two attached hydrogens (primary N) is 1. The molecule has 2 aliphatic rings. The van der Waals surface area contributed by atoms with Crippen LogP contribution in [0.15, 0.2) is 30.3 Å². The van der Waals surface area contributed by atoms with Crippen LogP contribution in [0.3, 0.4) is 0 Å². The molecule has 0 aromatic heterocycles. The van der Waals surface area contributed by atoms with E-state index in [-0.39, 0.29) is 12.5 Å². The van der Waals surface area contributed by atoms with Gasteiger partial charge >= 0.3 is 0 Å². The number of aliphatic hydroxyl groups is 1. The molecule has 182 valence electrons. The molecule has 33 heavy (non-hydrogen) atoms. The van der Waals surface area contributed by atoms with Crippen molar-refractivity contribution in [1.82, 2.24) is 19.8 Å². The molecule has 12 nitrogen and oxygen atoms in total. The number of likely N-dealkylation sites (tertiary alicyclic amines) is 2. The quantitative estimate of drug-likeness (QED) is 0.216. The van der Waals surface area contributed by atoms with Crippen molar-refractivity contribution in [2.24, 2.45) is 5.73 Å². The molecule has 2 amide bonds. The van der Waals surface area contributed by atoms with Crippen molar-refractivity contribution in [1.29, 1.82) is 5.41 Å². The predicted molar refractivity (Wildman–Crippen MR) is 122 cm³/mol. The van der Waals surface area contributed by atoms with Crippen molar-refractivity contribution < 1.29 is 23.1 Å². The summed E-state index contributed by atoms with van der Waals surface area (Å²) in [4.78, 5) is 28.3. The molecule has 0 spiro atoms. The number of hydrogen-bond acceptors (Lipinski definition) is 6. The second-order valence-corrected chi connectivity index (χ2v) is 9.65. The number of amides is 2. The fourth-order valence-corrected chi connectivity index (χ4v) is 5.16. The molecule has 0 saturated carbocycles. The summed E-state index contributed by atoms with van der Waals surface area (Å²) >= 11 is 0. The van der Waals surface area contributed by atoms with E-state index in [1.807, 2.05) is 0 Å². The lowest BCUT2D eigenvalue weighted by Gasteiger charge is -2.38. The van der Waals surface area contributed by atoms with E-state index < -0.39 is 40.3 Å². The van der Waals surface area contributed by atoms with Crippen LogP contribution < -0.4 is 20.5 Å². The number of guanidine groups is 1. The van der Waals surface area contributed by atoms with Crippen LogP contribution in [0.5, 0.6) is 0 Å². The number of benzene rings is 1. The third-order valence-corrected chi connectivity index (χ3v) is 6.79. The maximum absolute atomic E-state index is 13.0. The van der Waals surface area contributed by atoms with Crippen LogP contribution in [0.1, 0.15) is 32.1 Å². The monoisotopic (exact) mass is 481 g/mol. The average Bonchev–Trinajstić information content (AvgIpc) is 2.91. The number of nitrogens with zero attached hydrogens (tertiary/aromatic N) is 2. The molecular weight excluding hydrogens is 450 g/mol. The van der Waals surface area contributed by atoms with E-state index in [0.29, 0.717) is 50.9 Å². The Hall–Kier alpha value is -2.90. The molecule has 3 rings (SSSR count). The zero-order chi connectivity index (χ0) is 24.0. The van der Waals surface area contributed by atoms with Crippen molar-refractivity contribution in [3.05, 3.63) is 30.3 Å². The summed E-state index contributed by atoms with van der Waals surface area (Å²) in [5.74, 6) is -1.22. The van der Waals surface area contributed by atoms with Gasteiger partial charge < -0.3 is 26.0 Å². The zero-order valence-electron chi connectivity index (χ0n) is 18.2. The van der Waals surface area contributed by atoms with Gasteiger partial charge in [0.15, 0.2) is 5.96 Å². The van der Waals surface area contributed by atoms with Crippen LogP contribution >= 0.6 is 0 Å². The Bertz CT molecular complexity index is 959. The minimum atomic E-state index is -4.00. The molecule has 1 aromatic carbocycles. The van der Waals surface area contributed by atoms with Gasteiger partial charge in [0.05, 0.1) is 12.6 Å². The van der Waals surface area contributed by atoms with Crippen LogP contribution in [-0.4, -0.2) is 79.0 Å². The molecule has 0 bridgehead atoms. The Morgan fingerprint density at radius 2 is 1.88 bits per heavy atom. The van der Waals surface area contributed by atoms with Crippen LogP contribution in [0.4, 0.5) is 5.69 Å². The summed E-state index contributed by atoms with van der Waals surface area (Å²) in [6.45, 7) is 0.488. The number of carbonyl (C=O) groups is 2. The van der Waals surface area contributed by atoms with E-state index in [2.05, 4.69) is 14.8 Å². The molecule has 0 aliphatic carbocycles. The summed E-state index contributed by atoms with van der Waals surface area (Å²) in [7, 11) is -4.00. The second kappa shape index (κ2) is 10.8. The molecule has 7 N–H and O–H groups in total. The van der Waals surface area contributed by atoms with E-state index in [4.69, 9.17) is 11.1 Å². The first-order chi connectivity index (χ1) is 15.7. The van der Waals surface area contributed by atoms with Crippen molar-refractivity contribution in [2.75, 3.05) is 24.4 Å². The van der Waals surface area contributed by atoms with E-state index in [9.17, 15) is 23.1 Å². The maximum atomic E-state index is 13.0. The Morgan fingerprint density at radius 1 is 1.15 bits per heavy atom. The Kier molecular flexibility index (Phi) is 8.10. The number of carbonyl (C=O) groups excluding carboxylic acids is 2. The highest BCUT2D eigenvalue weighted by molar-refractivity contribution is 7.90. The minimum Gasteiger partial charge on any atom is -0.371 e. The Balaban J connectivity index is 1.59. The fourth-order valence-electron chi connectivity index (χ4n) is 4.07. The number of aliphatic hydroxyl groups excluding tert-OH is 1. The van der Waals surface area contributed by atoms with Crippen molar-refractivity contribution in [2.45, 2.75) is 50.4 Å². The fraction of sp³-hybridized carbons (Fsp3) is 0.550. The smallest absolute Gasteiger partial charge is 0.299 e. The molecular formula is C20H31N7O5S. The lowest BCUT2D eigenvalue weighted by atomic mass is 10.0. The zero-order valence-corrected chi connectivity index (χ0v) is 19.1. The Labute approximate surface area is 193 Å². The normalized spacial score (nSPS) is 24.2. The van der Waals surface area contributed by atoms with Gasteiger partial charge in [0.25, 0.3) is 10.2 Å². The first-order valence-electron chi connectivity index (χ1n) is 10.9. The number of hydrogen-bond donors (Lipinski definition) is 6. The van der Waals surface area contributed by atoms with Gasteiger partial charge in [-0.05, 0) is 44.2 Å². The van der Waals surface area contributed by atoms with E-state index in [1.54, 1.807) is 30.3 Å². The van der Waals surface area contributed by atoms with E-state index in [0.717, 1.165) is 0 Å². The van der Waals surface area contributed by atoms with Gasteiger partial charge in [-0.2, -0.15) is 13.1 Å². The second-order valence-electron chi connectivity index (χ2n) is 8.21. The molecule has 13 heteroatoms. The van der Waals surface area contributed by atoms with Gasteiger partial charge in [0.1, 0.15) is 12.3 Å². The van der Waals surface area contributed by atoms with Crippen LogP contribution in [-0.2, 0) is 19.8 Å². The molecule has 2 saturated heterocycles. The molecule has 3 atom stereocenters. The summed E-state index contributed by atoms with van der Waals surface area (Å²) < 4.78 is 29.8. The van der Waals surface area contributed by atoms with Crippen LogP contribution in [0, 0.1) is 5.41 Å². The predicted octanol–water partition coefficient (Wildman–Crippen LogP) is -0.894. The number of nitrogens with one attached hydrogen (secondary N) is 4. The lowest BCUT2D eigenvalue weighted by molar-refractivity contribution is -0.137. The van der Waals surface area contributed by atoms with Gasteiger partial charge in [-0.15, -0.1) is 0 Å². The third-order valence-electron chi connectivity index (χ3n) is 5.69. The Morgan fingerprint density at radius 3 is 2.58 bits per heavy atom.